The van der Waals surface area contributed by atoms with Gasteiger partial charge >= 0.3 is 0 Å². The lowest BCUT2D eigenvalue weighted by molar-refractivity contribution is -0.515. The molecule has 2 aromatic carbocycles. The predicted molar refractivity (Wildman–Crippen MR) is 111 cm³/mol. The molecule has 1 aliphatic heterocycles. The molecule has 3 rings (SSSR count). The Balaban J connectivity index is 1.84. The number of nitrogens with zero attached hydrogens (tertiary/aromatic N) is 3. The largest absolute Gasteiger partial charge is 0.497 e. The molecule has 162 valence electrons. The monoisotopic (exact) mass is 417 g/mol. The average molecular weight is 417 g/mol. The van der Waals surface area contributed by atoms with Crippen LogP contribution in [0, 0.1) is 10.1 Å². The van der Waals surface area contributed by atoms with Crippen LogP contribution in [-0.2, 0) is 13.1 Å². The first kappa shape index (κ1) is 21.7. The van der Waals surface area contributed by atoms with Gasteiger partial charge in [-0.3, -0.25) is 10.1 Å². The van der Waals surface area contributed by atoms with Crippen LogP contribution in [0.15, 0.2) is 36.4 Å². The van der Waals surface area contributed by atoms with Crippen molar-refractivity contribution in [3.05, 3.63) is 57.6 Å². The first-order valence-electron chi connectivity index (χ1n) is 9.54. The Morgan fingerprint density at radius 3 is 1.60 bits per heavy atom. The summed E-state index contributed by atoms with van der Waals surface area (Å²) in [6, 6.07) is 10.5. The van der Waals surface area contributed by atoms with Gasteiger partial charge in [0.25, 0.3) is 0 Å². The van der Waals surface area contributed by atoms with E-state index in [-0.39, 0.29) is 4.92 Å². The van der Waals surface area contributed by atoms with Gasteiger partial charge in [-0.1, -0.05) is 12.1 Å². The van der Waals surface area contributed by atoms with Crippen molar-refractivity contribution in [1.82, 2.24) is 10.0 Å². The molecule has 9 heteroatoms. The molecule has 0 aromatic heterocycles. The highest BCUT2D eigenvalue weighted by Gasteiger charge is 2.38. The summed E-state index contributed by atoms with van der Waals surface area (Å²) in [5.41, 5.74) is 1.85. The van der Waals surface area contributed by atoms with Crippen LogP contribution < -0.4 is 18.9 Å². The van der Waals surface area contributed by atoms with Crippen LogP contribution in [0.25, 0.3) is 0 Å². The number of hydrazine groups is 1. The number of methoxy groups -OCH3 is 4. The van der Waals surface area contributed by atoms with Crippen molar-refractivity contribution in [2.24, 2.45) is 0 Å². The second-order valence-electron chi connectivity index (χ2n) is 6.99. The Morgan fingerprint density at radius 2 is 1.27 bits per heavy atom. The Hall–Kier alpha value is -3.04. The van der Waals surface area contributed by atoms with Crippen LogP contribution in [0.3, 0.4) is 0 Å². The molecule has 1 aliphatic rings. The molecule has 0 saturated carbocycles. The lowest BCUT2D eigenvalue weighted by atomic mass is 10.1. The zero-order valence-electron chi connectivity index (χ0n) is 17.7. The van der Waals surface area contributed by atoms with Crippen molar-refractivity contribution >= 4 is 0 Å². The quantitative estimate of drug-likeness (QED) is 0.455. The number of benzene rings is 2. The first-order chi connectivity index (χ1) is 14.5. The van der Waals surface area contributed by atoms with Gasteiger partial charge in [0.1, 0.15) is 23.0 Å². The van der Waals surface area contributed by atoms with E-state index < -0.39 is 6.04 Å². The fraction of sp³-hybridized carbons (Fsp3) is 0.429. The van der Waals surface area contributed by atoms with Gasteiger partial charge < -0.3 is 18.9 Å². The van der Waals surface area contributed by atoms with E-state index in [1.54, 1.807) is 28.4 Å². The minimum absolute atomic E-state index is 0.219. The Labute approximate surface area is 175 Å². The number of hydrogen-bond donors (Lipinski definition) is 0. The van der Waals surface area contributed by atoms with E-state index in [0.29, 0.717) is 49.2 Å². The van der Waals surface area contributed by atoms with E-state index in [1.165, 1.54) is 0 Å². The summed E-state index contributed by atoms with van der Waals surface area (Å²) in [6.45, 7) is 1.60. The predicted octanol–water partition coefficient (Wildman–Crippen LogP) is 2.60. The molecule has 0 atom stereocenters. The summed E-state index contributed by atoms with van der Waals surface area (Å²) in [7, 11) is 6.39. The molecule has 1 saturated heterocycles. The highest BCUT2D eigenvalue weighted by atomic mass is 16.6. The zero-order chi connectivity index (χ0) is 21.7. The summed E-state index contributed by atoms with van der Waals surface area (Å²) in [5, 5.41) is 15.5. The summed E-state index contributed by atoms with van der Waals surface area (Å²) in [4.78, 5) is 11.3. The van der Waals surface area contributed by atoms with Crippen LogP contribution in [0.5, 0.6) is 23.0 Å². The molecule has 0 spiro atoms. The minimum atomic E-state index is -0.668. The smallest absolute Gasteiger partial charge is 0.240 e. The van der Waals surface area contributed by atoms with Crippen molar-refractivity contribution in [2.45, 2.75) is 19.1 Å². The molecule has 0 radical (unpaired) electrons. The molecule has 1 heterocycles. The topological polar surface area (TPSA) is 86.5 Å². The molecule has 30 heavy (non-hydrogen) atoms. The first-order valence-corrected chi connectivity index (χ1v) is 9.54. The molecule has 0 amide bonds. The Bertz CT molecular complexity index is 826. The van der Waals surface area contributed by atoms with Crippen molar-refractivity contribution in [1.29, 1.82) is 0 Å². The minimum Gasteiger partial charge on any atom is -0.497 e. The molecule has 1 fully saturated rings. The standard InChI is InChI=1S/C21H27N3O6/c1-27-18-7-5-15(20(9-18)29-3)11-22-13-17(24(25)26)14-23(22)12-16-6-8-19(28-2)10-21(16)30-4/h5-10,17H,11-14H2,1-4H3. The zero-order valence-corrected chi connectivity index (χ0v) is 17.7. The summed E-state index contributed by atoms with van der Waals surface area (Å²) in [6.07, 6.45) is 0. The summed E-state index contributed by atoms with van der Waals surface area (Å²) >= 11 is 0. The van der Waals surface area contributed by atoms with Gasteiger partial charge in [-0.05, 0) is 12.1 Å². The molecule has 0 aliphatic carbocycles. The SMILES string of the molecule is COc1ccc(CN2CC([N+](=O)[O-])CN2Cc2ccc(OC)cc2OC)c(OC)c1. The van der Waals surface area contributed by atoms with E-state index in [2.05, 4.69) is 0 Å². The molecule has 0 unspecified atom stereocenters. The molecular formula is C21H27N3O6. The van der Waals surface area contributed by atoms with E-state index in [9.17, 15) is 10.1 Å². The highest BCUT2D eigenvalue weighted by molar-refractivity contribution is 5.41. The van der Waals surface area contributed by atoms with Gasteiger partial charge in [-0.25, -0.2) is 10.0 Å². The van der Waals surface area contributed by atoms with Crippen LogP contribution in [0.1, 0.15) is 11.1 Å². The van der Waals surface area contributed by atoms with Gasteiger partial charge in [0.2, 0.25) is 6.04 Å². The van der Waals surface area contributed by atoms with E-state index in [4.69, 9.17) is 18.9 Å². The summed E-state index contributed by atoms with van der Waals surface area (Å²) in [5.74, 6) is 2.75. The van der Waals surface area contributed by atoms with Crippen LogP contribution >= 0.6 is 0 Å². The summed E-state index contributed by atoms with van der Waals surface area (Å²) < 4.78 is 21.5. The van der Waals surface area contributed by atoms with Crippen LogP contribution in [0.2, 0.25) is 0 Å². The van der Waals surface area contributed by atoms with E-state index in [0.717, 1.165) is 11.1 Å². The van der Waals surface area contributed by atoms with E-state index in [1.807, 2.05) is 46.4 Å². The maximum absolute atomic E-state index is 11.5. The Morgan fingerprint density at radius 1 is 0.833 bits per heavy atom. The third kappa shape index (κ3) is 4.74. The molecule has 0 bridgehead atoms. The fourth-order valence-electron chi connectivity index (χ4n) is 3.60. The van der Waals surface area contributed by atoms with Gasteiger partial charge in [0, 0.05) is 41.3 Å². The molecule has 2 aromatic rings. The van der Waals surface area contributed by atoms with Crippen molar-refractivity contribution < 1.29 is 23.9 Å². The normalized spacial score (nSPS) is 15.2. The van der Waals surface area contributed by atoms with Gasteiger partial charge in [-0.2, -0.15) is 0 Å². The second-order valence-corrected chi connectivity index (χ2v) is 6.99. The van der Waals surface area contributed by atoms with Gasteiger partial charge in [-0.15, -0.1) is 0 Å². The molecule has 0 N–H and O–H groups in total. The Kier molecular flexibility index (Phi) is 6.96. The number of nitro groups is 1. The number of ether oxygens (including phenoxy) is 4. The number of rotatable bonds is 9. The average Bonchev–Trinajstić information content (AvgIpc) is 3.16. The van der Waals surface area contributed by atoms with Crippen molar-refractivity contribution in [2.75, 3.05) is 41.5 Å². The maximum atomic E-state index is 11.5. The van der Waals surface area contributed by atoms with Crippen LogP contribution in [-0.4, -0.2) is 62.5 Å². The number of hydrogen-bond acceptors (Lipinski definition) is 8. The van der Waals surface area contributed by atoms with Gasteiger partial charge in [0.05, 0.1) is 41.5 Å². The van der Waals surface area contributed by atoms with Crippen molar-refractivity contribution in [3.8, 4) is 23.0 Å². The van der Waals surface area contributed by atoms with Gasteiger partial charge in [0.15, 0.2) is 0 Å². The van der Waals surface area contributed by atoms with Crippen LogP contribution in [0.4, 0.5) is 0 Å². The maximum Gasteiger partial charge on any atom is 0.240 e. The van der Waals surface area contributed by atoms with E-state index >= 15 is 0 Å². The lowest BCUT2D eigenvalue weighted by Crippen LogP contribution is -2.35. The third-order valence-corrected chi connectivity index (χ3v) is 5.24. The fourth-order valence-corrected chi connectivity index (χ4v) is 3.60. The molecule has 9 nitrogen and oxygen atoms in total. The highest BCUT2D eigenvalue weighted by Crippen LogP contribution is 2.30. The second kappa shape index (κ2) is 9.64. The van der Waals surface area contributed by atoms with Crippen molar-refractivity contribution in [3.63, 3.8) is 0 Å². The lowest BCUT2D eigenvalue weighted by Gasteiger charge is -2.28. The molecular weight excluding hydrogens is 390 g/mol. The third-order valence-electron chi connectivity index (χ3n) is 5.24.